The van der Waals surface area contributed by atoms with Crippen molar-refractivity contribution in [1.82, 2.24) is 16.0 Å². The molecular formula is C18H29N5O10. The van der Waals surface area contributed by atoms with Gasteiger partial charge in [-0.25, -0.2) is 4.79 Å². The zero-order chi connectivity index (χ0) is 25.9. The molecule has 33 heavy (non-hydrogen) atoms. The monoisotopic (exact) mass is 475 g/mol. The highest BCUT2D eigenvalue weighted by atomic mass is 16.4. The first kappa shape index (κ1) is 29.2. The molecular weight excluding hydrogens is 446 g/mol. The number of amides is 4. The molecule has 0 saturated carbocycles. The van der Waals surface area contributed by atoms with Gasteiger partial charge in [0.25, 0.3) is 0 Å². The summed E-state index contributed by atoms with van der Waals surface area (Å²) >= 11 is 0. The van der Waals surface area contributed by atoms with Crippen LogP contribution in [0.25, 0.3) is 0 Å². The van der Waals surface area contributed by atoms with Gasteiger partial charge in [-0.2, -0.15) is 0 Å². The van der Waals surface area contributed by atoms with E-state index in [0.29, 0.717) is 0 Å². The van der Waals surface area contributed by atoms with Gasteiger partial charge in [0.05, 0.1) is 25.3 Å². The third kappa shape index (κ3) is 12.0. The maximum absolute atomic E-state index is 12.7. The highest BCUT2D eigenvalue weighted by Crippen LogP contribution is 2.07. The largest absolute Gasteiger partial charge is 0.481 e. The van der Waals surface area contributed by atoms with E-state index in [0.717, 1.165) is 0 Å². The standard InChI is InChI=1S/C18H29N5O10/c1-7(2)3-9(16(30)23-11(18(32)33)6-14(27)28)22-17(31)10(5-12(20)24)21-15(29)8(19)4-13(25)26/h7-11H,3-6,19H2,1-2H3,(H2,20,24)(H,21,29)(H,22,31)(H,23,30)(H,25,26)(H,27,28)(H,32,33)/t8-,9-,10-,11-/m0/s1. The van der Waals surface area contributed by atoms with E-state index in [9.17, 15) is 33.6 Å². The van der Waals surface area contributed by atoms with E-state index in [1.54, 1.807) is 13.8 Å². The van der Waals surface area contributed by atoms with Crippen molar-refractivity contribution in [3.05, 3.63) is 0 Å². The number of carbonyl (C=O) groups is 7. The van der Waals surface area contributed by atoms with Crippen LogP contribution in [0, 0.1) is 5.92 Å². The topological polar surface area (TPSA) is 268 Å². The summed E-state index contributed by atoms with van der Waals surface area (Å²) in [6.07, 6.45) is -2.38. The van der Waals surface area contributed by atoms with Crippen LogP contribution in [0.1, 0.15) is 39.5 Å². The number of carboxylic acids is 3. The summed E-state index contributed by atoms with van der Waals surface area (Å²) in [6, 6.07) is -6.26. The van der Waals surface area contributed by atoms with Crippen molar-refractivity contribution in [1.29, 1.82) is 0 Å². The smallest absolute Gasteiger partial charge is 0.326 e. The van der Waals surface area contributed by atoms with Crippen LogP contribution < -0.4 is 27.4 Å². The Balaban J connectivity index is 5.56. The van der Waals surface area contributed by atoms with Gasteiger partial charge in [0, 0.05) is 0 Å². The molecule has 0 saturated heterocycles. The van der Waals surface area contributed by atoms with Crippen molar-refractivity contribution in [2.75, 3.05) is 0 Å². The molecule has 0 rings (SSSR count). The van der Waals surface area contributed by atoms with Crippen LogP contribution in [-0.4, -0.2) is 81.0 Å². The van der Waals surface area contributed by atoms with E-state index in [2.05, 4.69) is 10.6 Å². The number of rotatable bonds is 15. The van der Waals surface area contributed by atoms with Gasteiger partial charge in [0.1, 0.15) is 18.1 Å². The zero-order valence-electron chi connectivity index (χ0n) is 18.1. The van der Waals surface area contributed by atoms with Crippen LogP contribution in [0.5, 0.6) is 0 Å². The molecule has 4 amide bonds. The Morgan fingerprint density at radius 3 is 1.58 bits per heavy atom. The van der Waals surface area contributed by atoms with Gasteiger partial charge in [-0.3, -0.25) is 28.8 Å². The Hall–Kier alpha value is -3.75. The Labute approximate surface area is 188 Å². The third-order valence-electron chi connectivity index (χ3n) is 4.10. The Morgan fingerprint density at radius 2 is 1.15 bits per heavy atom. The van der Waals surface area contributed by atoms with E-state index >= 15 is 0 Å². The molecule has 0 radical (unpaired) electrons. The minimum atomic E-state index is -1.77. The molecule has 0 aromatic carbocycles. The van der Waals surface area contributed by atoms with Gasteiger partial charge < -0.3 is 42.7 Å². The number of primary amides is 1. The van der Waals surface area contributed by atoms with Crippen LogP contribution >= 0.6 is 0 Å². The zero-order valence-corrected chi connectivity index (χ0v) is 18.1. The third-order valence-corrected chi connectivity index (χ3v) is 4.10. The first-order valence-corrected chi connectivity index (χ1v) is 9.75. The second kappa shape index (κ2) is 13.6. The van der Waals surface area contributed by atoms with Crippen molar-refractivity contribution in [2.24, 2.45) is 17.4 Å². The maximum Gasteiger partial charge on any atom is 0.326 e. The van der Waals surface area contributed by atoms with Gasteiger partial charge >= 0.3 is 17.9 Å². The summed E-state index contributed by atoms with van der Waals surface area (Å²) in [6.45, 7) is 3.37. The fourth-order valence-electron chi connectivity index (χ4n) is 2.59. The van der Waals surface area contributed by atoms with Crippen LogP contribution in [0.2, 0.25) is 0 Å². The molecule has 0 unspecified atom stereocenters. The molecule has 0 aliphatic rings. The molecule has 15 heteroatoms. The number of hydrogen-bond acceptors (Lipinski definition) is 8. The highest BCUT2D eigenvalue weighted by Gasteiger charge is 2.32. The molecule has 0 aromatic heterocycles. The highest BCUT2D eigenvalue weighted by molar-refractivity contribution is 5.97. The maximum atomic E-state index is 12.7. The summed E-state index contributed by atoms with van der Waals surface area (Å²) in [7, 11) is 0. The minimum Gasteiger partial charge on any atom is -0.481 e. The predicted octanol–water partition coefficient (Wildman–Crippen LogP) is -3.28. The minimum absolute atomic E-state index is 0.00719. The molecule has 0 aliphatic heterocycles. The number of nitrogens with two attached hydrogens (primary N) is 2. The van der Waals surface area contributed by atoms with Crippen molar-refractivity contribution < 1.29 is 48.9 Å². The van der Waals surface area contributed by atoms with Gasteiger partial charge in [0.15, 0.2) is 0 Å². The molecule has 4 atom stereocenters. The molecule has 15 nitrogen and oxygen atoms in total. The summed E-state index contributed by atoms with van der Waals surface area (Å²) in [5.41, 5.74) is 10.5. The average Bonchev–Trinajstić information content (AvgIpc) is 2.64. The average molecular weight is 475 g/mol. The number of aliphatic carboxylic acids is 3. The molecule has 186 valence electrons. The SMILES string of the molecule is CC(C)C[C@H](NC(=O)[C@H](CC(N)=O)NC(=O)[C@@H](N)CC(=O)O)C(=O)N[C@@H](CC(=O)O)C(=O)O. The molecule has 0 bridgehead atoms. The van der Waals surface area contributed by atoms with E-state index in [-0.39, 0.29) is 12.3 Å². The molecule has 0 spiro atoms. The fraction of sp³-hybridized carbons (Fsp3) is 0.611. The number of hydrogen-bond donors (Lipinski definition) is 8. The number of carboxylic acid groups (broad SMARTS) is 3. The van der Waals surface area contributed by atoms with Crippen molar-refractivity contribution >= 4 is 41.5 Å². The van der Waals surface area contributed by atoms with Crippen molar-refractivity contribution in [2.45, 2.75) is 63.7 Å². The Bertz CT molecular complexity index is 785. The normalized spacial score (nSPS) is 14.3. The van der Waals surface area contributed by atoms with Crippen molar-refractivity contribution in [3.63, 3.8) is 0 Å². The van der Waals surface area contributed by atoms with Gasteiger partial charge in [-0.1, -0.05) is 13.8 Å². The second-order valence-electron chi connectivity index (χ2n) is 7.62. The second-order valence-corrected chi connectivity index (χ2v) is 7.62. The molecule has 0 aliphatic carbocycles. The van der Waals surface area contributed by atoms with Gasteiger partial charge in [-0.05, 0) is 12.3 Å². The summed E-state index contributed by atoms with van der Waals surface area (Å²) in [5, 5.41) is 33.0. The summed E-state index contributed by atoms with van der Waals surface area (Å²) < 4.78 is 0. The molecule has 10 N–H and O–H groups in total. The van der Waals surface area contributed by atoms with E-state index in [1.165, 1.54) is 0 Å². The lowest BCUT2D eigenvalue weighted by Crippen LogP contribution is -2.58. The Kier molecular flexibility index (Phi) is 12.1. The fourth-order valence-corrected chi connectivity index (χ4v) is 2.59. The Morgan fingerprint density at radius 1 is 0.697 bits per heavy atom. The lowest BCUT2D eigenvalue weighted by atomic mass is 10.0. The van der Waals surface area contributed by atoms with E-state index in [4.69, 9.17) is 26.8 Å². The number of carbonyl (C=O) groups excluding carboxylic acids is 4. The quantitative estimate of drug-likeness (QED) is 0.116. The van der Waals surface area contributed by atoms with Crippen LogP contribution in [0.3, 0.4) is 0 Å². The molecule has 0 aromatic rings. The first-order valence-electron chi connectivity index (χ1n) is 9.75. The van der Waals surface area contributed by atoms with Gasteiger partial charge in [-0.15, -0.1) is 0 Å². The van der Waals surface area contributed by atoms with Gasteiger partial charge in [0.2, 0.25) is 23.6 Å². The summed E-state index contributed by atoms with van der Waals surface area (Å²) in [5.74, 6) is -8.77. The van der Waals surface area contributed by atoms with Crippen LogP contribution in [-0.2, 0) is 33.6 Å². The van der Waals surface area contributed by atoms with E-state index in [1.807, 2.05) is 5.32 Å². The predicted molar refractivity (Wildman–Crippen MR) is 109 cm³/mol. The summed E-state index contributed by atoms with van der Waals surface area (Å²) in [4.78, 5) is 81.4. The lowest BCUT2D eigenvalue weighted by molar-refractivity contribution is -0.147. The first-order chi connectivity index (χ1) is 15.1. The van der Waals surface area contributed by atoms with Crippen LogP contribution in [0.4, 0.5) is 0 Å². The van der Waals surface area contributed by atoms with Crippen LogP contribution in [0.15, 0.2) is 0 Å². The van der Waals surface area contributed by atoms with E-state index < -0.39 is 85.0 Å². The van der Waals surface area contributed by atoms with Crippen molar-refractivity contribution in [3.8, 4) is 0 Å². The molecule has 0 fully saturated rings. The lowest BCUT2D eigenvalue weighted by Gasteiger charge is -2.25. The molecule has 0 heterocycles. The number of nitrogens with one attached hydrogen (secondary N) is 3.